The van der Waals surface area contributed by atoms with Crippen LogP contribution in [0.25, 0.3) is 0 Å². The minimum atomic E-state index is -0.315. The molecule has 6 heteroatoms. The summed E-state index contributed by atoms with van der Waals surface area (Å²) in [6.45, 7) is 4.26. The second-order valence-electron chi connectivity index (χ2n) is 4.98. The summed E-state index contributed by atoms with van der Waals surface area (Å²) in [5.74, 6) is 0.738. The molecule has 0 saturated heterocycles. The molecule has 0 fully saturated rings. The van der Waals surface area contributed by atoms with E-state index in [1.165, 1.54) is 0 Å². The fourth-order valence-electron chi connectivity index (χ4n) is 1.80. The van der Waals surface area contributed by atoms with Gasteiger partial charge < -0.3 is 14.8 Å². The lowest BCUT2D eigenvalue weighted by molar-refractivity contribution is 0.0867. The summed E-state index contributed by atoms with van der Waals surface area (Å²) >= 11 is 0. The predicted octanol–water partition coefficient (Wildman–Crippen LogP) is 1.27. The highest BCUT2D eigenvalue weighted by Gasteiger charge is 2.18. The maximum Gasteiger partial charge on any atom is 0.287 e. The topological polar surface area (TPSA) is 80.3 Å². The summed E-state index contributed by atoms with van der Waals surface area (Å²) in [7, 11) is 0. The van der Waals surface area contributed by atoms with E-state index in [-0.39, 0.29) is 30.2 Å². The molecular formula is C14H19N3O3. The van der Waals surface area contributed by atoms with Crippen LogP contribution in [0.2, 0.25) is 0 Å². The molecule has 1 atom stereocenters. The van der Waals surface area contributed by atoms with Gasteiger partial charge in [-0.05, 0) is 24.1 Å². The van der Waals surface area contributed by atoms with Crippen molar-refractivity contribution in [3.8, 4) is 0 Å². The Balaban J connectivity index is 1.99. The van der Waals surface area contributed by atoms with Gasteiger partial charge in [-0.3, -0.25) is 9.48 Å². The highest BCUT2D eigenvalue weighted by molar-refractivity contribution is 5.91. The van der Waals surface area contributed by atoms with Crippen molar-refractivity contribution in [2.45, 2.75) is 26.4 Å². The number of furan rings is 1. The molecule has 0 aliphatic carbocycles. The SMILES string of the molecule is CC(C)[C@@H](CO)NC(=O)c1ccc(Cn2cccn2)o1. The number of hydrogen-bond acceptors (Lipinski definition) is 4. The Morgan fingerprint density at radius 3 is 2.90 bits per heavy atom. The van der Waals surface area contributed by atoms with E-state index in [1.54, 1.807) is 23.0 Å². The third-order valence-electron chi connectivity index (χ3n) is 3.08. The van der Waals surface area contributed by atoms with E-state index in [0.717, 1.165) is 0 Å². The van der Waals surface area contributed by atoms with Crippen molar-refractivity contribution in [3.05, 3.63) is 42.1 Å². The van der Waals surface area contributed by atoms with Crippen LogP contribution in [0, 0.1) is 5.92 Å². The van der Waals surface area contributed by atoms with Gasteiger partial charge in [0, 0.05) is 12.4 Å². The Kier molecular flexibility index (Phi) is 4.57. The molecule has 2 aromatic heterocycles. The Morgan fingerprint density at radius 1 is 1.50 bits per heavy atom. The van der Waals surface area contributed by atoms with Crippen LogP contribution in [0.4, 0.5) is 0 Å². The van der Waals surface area contributed by atoms with E-state index in [2.05, 4.69) is 10.4 Å². The van der Waals surface area contributed by atoms with Crippen molar-refractivity contribution in [1.82, 2.24) is 15.1 Å². The van der Waals surface area contributed by atoms with Gasteiger partial charge in [0.05, 0.1) is 19.2 Å². The average Bonchev–Trinajstić information content (AvgIpc) is 3.07. The molecule has 0 aromatic carbocycles. The van der Waals surface area contributed by atoms with Gasteiger partial charge in [-0.2, -0.15) is 5.10 Å². The monoisotopic (exact) mass is 277 g/mol. The van der Waals surface area contributed by atoms with E-state index in [9.17, 15) is 9.90 Å². The second kappa shape index (κ2) is 6.38. The van der Waals surface area contributed by atoms with Crippen LogP contribution in [0.15, 0.2) is 35.0 Å². The second-order valence-corrected chi connectivity index (χ2v) is 4.98. The maximum atomic E-state index is 12.0. The van der Waals surface area contributed by atoms with Crippen LogP contribution in [0.1, 0.15) is 30.2 Å². The molecule has 0 unspecified atom stereocenters. The molecule has 0 bridgehead atoms. The smallest absolute Gasteiger partial charge is 0.287 e. The Morgan fingerprint density at radius 2 is 2.30 bits per heavy atom. The molecule has 0 spiro atoms. The Labute approximate surface area is 117 Å². The maximum absolute atomic E-state index is 12.0. The molecule has 0 aliphatic heterocycles. The summed E-state index contributed by atoms with van der Waals surface area (Å²) < 4.78 is 7.20. The number of rotatable bonds is 6. The Hall–Kier alpha value is -2.08. The molecule has 108 valence electrons. The van der Waals surface area contributed by atoms with Gasteiger partial charge in [0.1, 0.15) is 5.76 Å². The van der Waals surface area contributed by atoms with Crippen molar-refractivity contribution >= 4 is 5.91 Å². The number of aliphatic hydroxyl groups is 1. The van der Waals surface area contributed by atoms with Crippen molar-refractivity contribution in [2.75, 3.05) is 6.61 Å². The van der Waals surface area contributed by atoms with Gasteiger partial charge >= 0.3 is 0 Å². The normalized spacial score (nSPS) is 12.6. The molecule has 2 N–H and O–H groups in total. The molecule has 2 heterocycles. The van der Waals surface area contributed by atoms with Crippen LogP contribution >= 0.6 is 0 Å². The van der Waals surface area contributed by atoms with Crippen molar-refractivity contribution in [1.29, 1.82) is 0 Å². The third-order valence-corrected chi connectivity index (χ3v) is 3.08. The van der Waals surface area contributed by atoms with Gasteiger partial charge in [0.2, 0.25) is 0 Å². The van der Waals surface area contributed by atoms with Crippen LogP contribution in [0.5, 0.6) is 0 Å². The van der Waals surface area contributed by atoms with Crippen molar-refractivity contribution in [3.63, 3.8) is 0 Å². The van der Waals surface area contributed by atoms with E-state index in [0.29, 0.717) is 12.3 Å². The van der Waals surface area contributed by atoms with Gasteiger partial charge in [-0.25, -0.2) is 0 Å². The lowest BCUT2D eigenvalue weighted by Crippen LogP contribution is -2.41. The number of carbonyl (C=O) groups excluding carboxylic acids is 1. The first-order valence-corrected chi connectivity index (χ1v) is 6.58. The summed E-state index contributed by atoms with van der Waals surface area (Å²) in [5.41, 5.74) is 0. The summed E-state index contributed by atoms with van der Waals surface area (Å²) in [4.78, 5) is 12.0. The minimum absolute atomic E-state index is 0.0930. The average molecular weight is 277 g/mol. The van der Waals surface area contributed by atoms with Crippen molar-refractivity contribution in [2.24, 2.45) is 5.92 Å². The fourth-order valence-corrected chi connectivity index (χ4v) is 1.80. The van der Waals surface area contributed by atoms with Crippen molar-refractivity contribution < 1.29 is 14.3 Å². The number of amides is 1. The molecular weight excluding hydrogens is 258 g/mol. The number of nitrogens with zero attached hydrogens (tertiary/aromatic N) is 2. The zero-order valence-electron chi connectivity index (χ0n) is 11.6. The lowest BCUT2D eigenvalue weighted by Gasteiger charge is -2.18. The highest BCUT2D eigenvalue weighted by Crippen LogP contribution is 2.10. The molecule has 0 saturated carbocycles. The highest BCUT2D eigenvalue weighted by atomic mass is 16.4. The summed E-state index contributed by atoms with van der Waals surface area (Å²) in [6.07, 6.45) is 3.51. The van der Waals surface area contributed by atoms with Crippen LogP contribution < -0.4 is 5.32 Å². The van der Waals surface area contributed by atoms with Gasteiger partial charge in [0.25, 0.3) is 5.91 Å². The molecule has 0 radical (unpaired) electrons. The molecule has 20 heavy (non-hydrogen) atoms. The molecule has 1 amide bonds. The number of carbonyl (C=O) groups is 1. The molecule has 6 nitrogen and oxygen atoms in total. The van der Waals surface area contributed by atoms with Gasteiger partial charge in [-0.1, -0.05) is 13.8 Å². The first-order valence-electron chi connectivity index (χ1n) is 6.58. The number of aromatic nitrogens is 2. The molecule has 0 aliphatic rings. The number of nitrogens with one attached hydrogen (secondary N) is 1. The van der Waals surface area contributed by atoms with Gasteiger partial charge in [0.15, 0.2) is 5.76 Å². The van der Waals surface area contributed by atoms with Crippen LogP contribution in [-0.4, -0.2) is 33.4 Å². The zero-order valence-corrected chi connectivity index (χ0v) is 11.6. The predicted molar refractivity (Wildman–Crippen MR) is 73.2 cm³/mol. The number of aliphatic hydroxyl groups excluding tert-OH is 1. The number of hydrogen-bond donors (Lipinski definition) is 2. The first kappa shape index (κ1) is 14.3. The largest absolute Gasteiger partial charge is 0.454 e. The first-order chi connectivity index (χ1) is 9.60. The van der Waals surface area contributed by atoms with Crippen LogP contribution in [-0.2, 0) is 6.54 Å². The van der Waals surface area contributed by atoms with Gasteiger partial charge in [-0.15, -0.1) is 0 Å². The minimum Gasteiger partial charge on any atom is -0.454 e. The molecule has 2 aromatic rings. The summed E-state index contributed by atoms with van der Waals surface area (Å²) in [6, 6.07) is 4.93. The van der Waals surface area contributed by atoms with Crippen LogP contribution in [0.3, 0.4) is 0 Å². The summed E-state index contributed by atoms with van der Waals surface area (Å²) in [5, 5.41) is 16.0. The third kappa shape index (κ3) is 3.48. The Bertz CT molecular complexity index is 546. The van der Waals surface area contributed by atoms with E-state index < -0.39 is 0 Å². The molecule has 2 rings (SSSR count). The fraction of sp³-hybridized carbons (Fsp3) is 0.429. The van der Waals surface area contributed by atoms with E-state index >= 15 is 0 Å². The quantitative estimate of drug-likeness (QED) is 0.833. The standard InChI is InChI=1S/C14H19N3O3/c1-10(2)12(9-18)16-14(19)13-5-4-11(20-13)8-17-7-3-6-15-17/h3-7,10,12,18H,8-9H2,1-2H3,(H,16,19)/t12-/m1/s1. The van der Waals surface area contributed by atoms with E-state index in [1.807, 2.05) is 26.1 Å². The zero-order chi connectivity index (χ0) is 14.5. The lowest BCUT2D eigenvalue weighted by atomic mass is 10.1. The van der Waals surface area contributed by atoms with E-state index in [4.69, 9.17) is 4.42 Å².